The lowest BCUT2D eigenvalue weighted by molar-refractivity contribution is 0.680. The first kappa shape index (κ1) is 11.7. The van der Waals surface area contributed by atoms with Crippen molar-refractivity contribution >= 4 is 11.3 Å². The topological polar surface area (TPSA) is 38.9 Å². The Morgan fingerprint density at radius 3 is 2.64 bits per heavy atom. The van der Waals surface area contributed by atoms with Crippen LogP contribution in [0.25, 0.3) is 0 Å². The summed E-state index contributed by atoms with van der Waals surface area (Å²) in [6.45, 7) is 7.22. The van der Waals surface area contributed by atoms with Crippen LogP contribution in [-0.4, -0.2) is 11.5 Å². The predicted molar refractivity (Wildman–Crippen MR) is 62.9 cm³/mol. The van der Waals surface area contributed by atoms with Crippen molar-refractivity contribution in [2.75, 3.05) is 6.54 Å². The smallest absolute Gasteiger partial charge is 0.0930 e. The molecule has 1 aromatic heterocycles. The van der Waals surface area contributed by atoms with Crippen LogP contribution >= 0.6 is 11.3 Å². The largest absolute Gasteiger partial charge is 0.330 e. The fourth-order valence-electron chi connectivity index (χ4n) is 1.62. The Balaban J connectivity index is 2.85. The molecule has 1 aromatic rings. The monoisotopic (exact) mass is 212 g/mol. The highest BCUT2D eigenvalue weighted by Gasteiger charge is 2.14. The molecule has 0 spiro atoms. The highest BCUT2D eigenvalue weighted by molar-refractivity contribution is 7.11. The van der Waals surface area contributed by atoms with Gasteiger partial charge in [-0.2, -0.15) is 0 Å². The van der Waals surface area contributed by atoms with Gasteiger partial charge >= 0.3 is 0 Å². The quantitative estimate of drug-likeness (QED) is 0.815. The molecule has 1 unspecified atom stereocenters. The molecule has 1 heterocycles. The van der Waals surface area contributed by atoms with E-state index in [0.29, 0.717) is 5.92 Å². The number of thiazole rings is 1. The molecule has 0 saturated heterocycles. The van der Waals surface area contributed by atoms with E-state index in [1.165, 1.54) is 22.0 Å². The lowest BCUT2D eigenvalue weighted by atomic mass is 10.0. The number of nitrogens with two attached hydrogens (primary N) is 1. The minimum Gasteiger partial charge on any atom is -0.330 e. The van der Waals surface area contributed by atoms with Gasteiger partial charge in [0, 0.05) is 17.3 Å². The summed E-state index contributed by atoms with van der Waals surface area (Å²) in [7, 11) is 0. The molecular formula is C11H20N2S. The van der Waals surface area contributed by atoms with Gasteiger partial charge in [0.1, 0.15) is 0 Å². The van der Waals surface area contributed by atoms with Gasteiger partial charge in [0.05, 0.1) is 10.7 Å². The van der Waals surface area contributed by atoms with E-state index in [9.17, 15) is 0 Å². The summed E-state index contributed by atoms with van der Waals surface area (Å²) >= 11 is 1.85. The Morgan fingerprint density at radius 2 is 2.14 bits per heavy atom. The summed E-state index contributed by atoms with van der Waals surface area (Å²) in [5.74, 6) is 0.512. The van der Waals surface area contributed by atoms with Crippen LogP contribution in [0.5, 0.6) is 0 Å². The second kappa shape index (κ2) is 5.47. The highest BCUT2D eigenvalue weighted by atomic mass is 32.1. The van der Waals surface area contributed by atoms with Crippen LogP contribution in [0.3, 0.4) is 0 Å². The summed E-state index contributed by atoms with van der Waals surface area (Å²) in [4.78, 5) is 5.98. The summed E-state index contributed by atoms with van der Waals surface area (Å²) in [6, 6.07) is 0. The van der Waals surface area contributed by atoms with E-state index in [0.717, 1.165) is 19.4 Å². The third-order valence-electron chi connectivity index (χ3n) is 2.49. The molecule has 1 atom stereocenters. The Morgan fingerprint density at radius 1 is 1.43 bits per heavy atom. The lowest BCUT2D eigenvalue weighted by Gasteiger charge is -2.09. The van der Waals surface area contributed by atoms with Gasteiger partial charge in [-0.05, 0) is 26.2 Å². The molecule has 0 fully saturated rings. The SMILES string of the molecule is CCCc1nc(C)c(C(CC)CN)s1. The van der Waals surface area contributed by atoms with Crippen molar-refractivity contribution in [2.24, 2.45) is 5.73 Å². The Labute approximate surface area is 90.6 Å². The molecule has 0 aromatic carbocycles. The summed E-state index contributed by atoms with van der Waals surface area (Å²) in [5.41, 5.74) is 6.94. The van der Waals surface area contributed by atoms with Crippen LogP contribution in [0, 0.1) is 6.92 Å². The first-order valence-electron chi connectivity index (χ1n) is 5.39. The molecule has 2 nitrogen and oxygen atoms in total. The molecule has 0 aliphatic carbocycles. The fourth-order valence-corrected chi connectivity index (χ4v) is 2.99. The number of aryl methyl sites for hydroxylation is 2. The zero-order chi connectivity index (χ0) is 10.6. The molecule has 0 radical (unpaired) electrons. The van der Waals surface area contributed by atoms with Crippen molar-refractivity contribution in [3.8, 4) is 0 Å². The van der Waals surface area contributed by atoms with Crippen LogP contribution in [0.4, 0.5) is 0 Å². The number of aromatic nitrogens is 1. The van der Waals surface area contributed by atoms with E-state index in [2.05, 4.69) is 25.8 Å². The van der Waals surface area contributed by atoms with E-state index in [4.69, 9.17) is 5.73 Å². The summed E-state index contributed by atoms with van der Waals surface area (Å²) in [6.07, 6.45) is 3.39. The number of hydrogen-bond donors (Lipinski definition) is 1. The molecule has 0 amide bonds. The second-order valence-corrected chi connectivity index (χ2v) is 4.76. The summed E-state index contributed by atoms with van der Waals surface area (Å²) < 4.78 is 0. The zero-order valence-corrected chi connectivity index (χ0v) is 10.2. The van der Waals surface area contributed by atoms with E-state index in [1.54, 1.807) is 0 Å². The van der Waals surface area contributed by atoms with Crippen LogP contribution in [-0.2, 0) is 6.42 Å². The van der Waals surface area contributed by atoms with Crippen molar-refractivity contribution in [3.63, 3.8) is 0 Å². The van der Waals surface area contributed by atoms with Crippen LogP contribution < -0.4 is 5.73 Å². The molecule has 2 N–H and O–H groups in total. The average molecular weight is 212 g/mol. The molecule has 1 rings (SSSR count). The van der Waals surface area contributed by atoms with Crippen LogP contribution in [0.1, 0.15) is 48.2 Å². The molecule has 3 heteroatoms. The first-order valence-corrected chi connectivity index (χ1v) is 6.20. The molecule has 80 valence electrons. The maximum atomic E-state index is 5.75. The van der Waals surface area contributed by atoms with Crippen molar-refractivity contribution in [3.05, 3.63) is 15.6 Å². The maximum Gasteiger partial charge on any atom is 0.0930 e. The Bertz CT molecular complexity index is 277. The molecule has 0 aliphatic rings. The molecule has 14 heavy (non-hydrogen) atoms. The lowest BCUT2D eigenvalue weighted by Crippen LogP contribution is -2.11. The first-order chi connectivity index (χ1) is 6.72. The number of nitrogens with zero attached hydrogens (tertiary/aromatic N) is 1. The van der Waals surface area contributed by atoms with Gasteiger partial charge in [-0.3, -0.25) is 0 Å². The Kier molecular flexibility index (Phi) is 4.55. The highest BCUT2D eigenvalue weighted by Crippen LogP contribution is 2.28. The van der Waals surface area contributed by atoms with Gasteiger partial charge < -0.3 is 5.73 Å². The van der Waals surface area contributed by atoms with Crippen molar-refractivity contribution < 1.29 is 0 Å². The number of hydrogen-bond acceptors (Lipinski definition) is 3. The minimum atomic E-state index is 0.512. The van der Waals surface area contributed by atoms with Gasteiger partial charge in [0.15, 0.2) is 0 Å². The fraction of sp³-hybridized carbons (Fsp3) is 0.727. The van der Waals surface area contributed by atoms with Crippen molar-refractivity contribution in [1.29, 1.82) is 0 Å². The summed E-state index contributed by atoms with van der Waals surface area (Å²) in [5, 5.41) is 1.27. The third-order valence-corrected chi connectivity index (χ3v) is 3.87. The van der Waals surface area contributed by atoms with E-state index >= 15 is 0 Å². The molecular weight excluding hydrogens is 192 g/mol. The van der Waals surface area contributed by atoms with Crippen molar-refractivity contribution in [2.45, 2.75) is 46.0 Å². The molecule has 0 saturated carbocycles. The third kappa shape index (κ3) is 2.55. The van der Waals surface area contributed by atoms with Gasteiger partial charge in [0.2, 0.25) is 0 Å². The van der Waals surface area contributed by atoms with Crippen LogP contribution in [0.15, 0.2) is 0 Å². The Hall–Kier alpha value is -0.410. The van der Waals surface area contributed by atoms with Crippen LogP contribution in [0.2, 0.25) is 0 Å². The van der Waals surface area contributed by atoms with Gasteiger partial charge in [-0.15, -0.1) is 11.3 Å². The maximum absolute atomic E-state index is 5.75. The van der Waals surface area contributed by atoms with E-state index < -0.39 is 0 Å². The van der Waals surface area contributed by atoms with Crippen molar-refractivity contribution in [1.82, 2.24) is 4.98 Å². The molecule has 0 aliphatic heterocycles. The normalized spacial score (nSPS) is 13.1. The predicted octanol–water partition coefficient (Wildman–Crippen LogP) is 2.86. The van der Waals surface area contributed by atoms with E-state index in [-0.39, 0.29) is 0 Å². The van der Waals surface area contributed by atoms with Gasteiger partial charge in [0.25, 0.3) is 0 Å². The number of rotatable bonds is 5. The average Bonchev–Trinajstić information content (AvgIpc) is 2.51. The zero-order valence-electron chi connectivity index (χ0n) is 9.34. The second-order valence-electron chi connectivity index (χ2n) is 3.65. The minimum absolute atomic E-state index is 0.512. The van der Waals surface area contributed by atoms with Gasteiger partial charge in [-0.1, -0.05) is 13.8 Å². The standard InChI is InChI=1S/C11H20N2S/c1-4-6-10-13-8(3)11(14-10)9(5-2)7-12/h9H,4-7,12H2,1-3H3. The van der Waals surface area contributed by atoms with Gasteiger partial charge in [-0.25, -0.2) is 4.98 Å². The molecule has 0 bridgehead atoms. The van der Waals surface area contributed by atoms with E-state index in [1.807, 2.05) is 11.3 Å².